The maximum atomic E-state index is 4.84. The van der Waals surface area contributed by atoms with Gasteiger partial charge in [-0.25, -0.2) is 0 Å². The summed E-state index contributed by atoms with van der Waals surface area (Å²) in [4.78, 5) is 9.01. The Kier molecular flexibility index (Phi) is 7.56. The van der Waals surface area contributed by atoms with E-state index < -0.39 is 0 Å². The van der Waals surface area contributed by atoms with Gasteiger partial charge >= 0.3 is 0 Å². The number of pyridine rings is 1. The molecule has 44 heavy (non-hydrogen) atoms. The number of fused-ring (bicyclic) bond motifs is 3. The zero-order valence-electron chi connectivity index (χ0n) is 25.2. The molecule has 6 aromatic carbocycles. The van der Waals surface area contributed by atoms with Crippen molar-refractivity contribution in [3.8, 4) is 22.3 Å². The molecule has 212 valence electrons. The predicted octanol–water partition coefficient (Wildman–Crippen LogP) is 11.1. The molecule has 1 heterocycles. The van der Waals surface area contributed by atoms with Crippen LogP contribution in [0.4, 0.5) is 0 Å². The molecule has 0 aliphatic heterocycles. The van der Waals surface area contributed by atoms with Crippen LogP contribution < -0.4 is 0 Å². The molecule has 0 unspecified atom stereocenters. The molecule has 2 nitrogen and oxygen atoms in total. The lowest BCUT2D eigenvalue weighted by atomic mass is 9.84. The summed E-state index contributed by atoms with van der Waals surface area (Å²) in [6, 6.07) is 44.3. The first-order chi connectivity index (χ1) is 21.8. The number of allylic oxidation sites excluding steroid dienone is 1. The van der Waals surface area contributed by atoms with E-state index in [0.717, 1.165) is 24.1 Å². The molecular weight excluding hydrogens is 532 g/mol. The van der Waals surface area contributed by atoms with Gasteiger partial charge in [-0.3, -0.25) is 9.98 Å². The van der Waals surface area contributed by atoms with Gasteiger partial charge in [-0.15, -0.1) is 0 Å². The van der Waals surface area contributed by atoms with Gasteiger partial charge in [-0.1, -0.05) is 122 Å². The van der Waals surface area contributed by atoms with Gasteiger partial charge in [0.15, 0.2) is 0 Å². The molecule has 0 aliphatic carbocycles. The van der Waals surface area contributed by atoms with Crippen molar-refractivity contribution in [2.45, 2.75) is 26.7 Å². The van der Waals surface area contributed by atoms with Gasteiger partial charge < -0.3 is 0 Å². The number of hydrogen-bond acceptors (Lipinski definition) is 2. The van der Waals surface area contributed by atoms with Crippen LogP contribution in [0.25, 0.3) is 60.3 Å². The van der Waals surface area contributed by atoms with E-state index in [-0.39, 0.29) is 0 Å². The van der Waals surface area contributed by atoms with E-state index in [9.17, 15) is 0 Å². The van der Waals surface area contributed by atoms with E-state index >= 15 is 0 Å². The second-order valence-electron chi connectivity index (χ2n) is 11.1. The van der Waals surface area contributed by atoms with Crippen LogP contribution in [-0.2, 0) is 12.8 Å². The van der Waals surface area contributed by atoms with Crippen molar-refractivity contribution < 1.29 is 0 Å². The Balaban J connectivity index is 1.48. The molecule has 7 aromatic rings. The molecule has 0 saturated carbocycles. The summed E-state index contributed by atoms with van der Waals surface area (Å²) in [5.74, 6) is 0. The van der Waals surface area contributed by atoms with Crippen molar-refractivity contribution in [2.75, 3.05) is 0 Å². The minimum absolute atomic E-state index is 0.793. The highest BCUT2D eigenvalue weighted by Gasteiger charge is 2.18. The second kappa shape index (κ2) is 12.1. The van der Waals surface area contributed by atoms with Gasteiger partial charge in [0.25, 0.3) is 0 Å². The Hall–Kier alpha value is -5.34. The lowest BCUT2D eigenvalue weighted by molar-refractivity contribution is 1.14. The molecule has 2 heteroatoms. The molecule has 0 bridgehead atoms. The van der Waals surface area contributed by atoms with Gasteiger partial charge in [0, 0.05) is 24.2 Å². The van der Waals surface area contributed by atoms with Crippen LogP contribution in [-0.4, -0.2) is 11.2 Å². The highest BCUT2D eigenvalue weighted by molar-refractivity contribution is 6.23. The van der Waals surface area contributed by atoms with Crippen LogP contribution in [0.2, 0.25) is 0 Å². The van der Waals surface area contributed by atoms with Crippen molar-refractivity contribution >= 4 is 44.2 Å². The molecule has 0 N–H and O–H groups in total. The summed E-state index contributed by atoms with van der Waals surface area (Å²) in [5, 5.41) is 7.49. The summed E-state index contributed by atoms with van der Waals surface area (Å²) < 4.78 is 0. The Morgan fingerprint density at radius 1 is 0.591 bits per heavy atom. The van der Waals surface area contributed by atoms with Crippen molar-refractivity contribution in [1.82, 2.24) is 4.98 Å². The van der Waals surface area contributed by atoms with Gasteiger partial charge in [-0.2, -0.15) is 0 Å². The molecule has 0 saturated heterocycles. The number of hydrogen-bond donors (Lipinski definition) is 0. The normalized spacial score (nSPS) is 12.1. The number of benzene rings is 6. The summed E-state index contributed by atoms with van der Waals surface area (Å²) in [6.07, 6.45) is 9.62. The Morgan fingerprint density at radius 3 is 1.82 bits per heavy atom. The average molecular weight is 567 g/mol. The largest absolute Gasteiger partial charge is 0.265 e. The highest BCUT2D eigenvalue weighted by atomic mass is 14.7. The van der Waals surface area contributed by atoms with E-state index in [2.05, 4.69) is 139 Å². The first-order valence-corrected chi connectivity index (χ1v) is 15.4. The standard InChI is InChI=1S/C42H34N2/c1-3-29-19-22-31(23-20-29)41-36-11-5-7-13-38(36)42(39-14-8-6-12-37(39)41)35-18-10-15-32-33(35)16-9-17-34(32)40(44-4-2)24-21-30-25-27-43-28-26-30/h4-20,22-28H,3,21H2,1-2H3/b40-24-,44-4?. The molecule has 7 rings (SSSR count). The quantitative estimate of drug-likeness (QED) is 0.139. The summed E-state index contributed by atoms with van der Waals surface area (Å²) in [6.45, 7) is 4.19. The van der Waals surface area contributed by atoms with Gasteiger partial charge in [0.05, 0.1) is 5.70 Å². The fourth-order valence-corrected chi connectivity index (χ4v) is 6.49. The monoisotopic (exact) mass is 566 g/mol. The Morgan fingerprint density at radius 2 is 1.18 bits per heavy atom. The third-order valence-corrected chi connectivity index (χ3v) is 8.60. The average Bonchev–Trinajstić information content (AvgIpc) is 3.09. The Labute approximate surface area is 259 Å². The molecule has 0 amide bonds. The van der Waals surface area contributed by atoms with Crippen molar-refractivity contribution in [3.05, 3.63) is 156 Å². The summed E-state index contributed by atoms with van der Waals surface area (Å²) in [7, 11) is 0. The van der Waals surface area contributed by atoms with Crippen molar-refractivity contribution in [3.63, 3.8) is 0 Å². The molecule has 1 aromatic heterocycles. The van der Waals surface area contributed by atoms with E-state index in [4.69, 9.17) is 4.99 Å². The van der Waals surface area contributed by atoms with Gasteiger partial charge in [0.1, 0.15) is 0 Å². The van der Waals surface area contributed by atoms with Crippen LogP contribution in [0.1, 0.15) is 30.5 Å². The number of rotatable bonds is 7. The zero-order chi connectivity index (χ0) is 29.9. The van der Waals surface area contributed by atoms with Gasteiger partial charge in [0.2, 0.25) is 0 Å². The SMILES string of the molecule is CC=N/C(=C\Cc1ccncc1)c1cccc2c(-c3c4ccccc4c(-c4ccc(CC)cc4)c4ccccc34)cccc12. The third kappa shape index (κ3) is 4.99. The highest BCUT2D eigenvalue weighted by Crippen LogP contribution is 2.45. The molecule has 0 fully saturated rings. The maximum absolute atomic E-state index is 4.84. The fraction of sp³-hybridized carbons (Fsp3) is 0.0952. The molecule has 0 atom stereocenters. The molecule has 0 aliphatic rings. The molecule has 0 radical (unpaired) electrons. The maximum Gasteiger partial charge on any atom is 0.0667 e. The lowest BCUT2D eigenvalue weighted by Gasteiger charge is -2.19. The van der Waals surface area contributed by atoms with Crippen LogP contribution in [0.15, 0.2) is 145 Å². The van der Waals surface area contributed by atoms with Crippen LogP contribution in [0.5, 0.6) is 0 Å². The van der Waals surface area contributed by atoms with Crippen molar-refractivity contribution in [1.29, 1.82) is 0 Å². The predicted molar refractivity (Wildman–Crippen MR) is 189 cm³/mol. The Bertz CT molecular complexity index is 2110. The van der Waals surface area contributed by atoms with Crippen LogP contribution >= 0.6 is 0 Å². The first-order valence-electron chi connectivity index (χ1n) is 15.4. The summed E-state index contributed by atoms with van der Waals surface area (Å²) in [5.41, 5.74) is 9.74. The molecular formula is C42H34N2. The van der Waals surface area contributed by atoms with E-state index in [1.165, 1.54) is 65.7 Å². The fourth-order valence-electron chi connectivity index (χ4n) is 6.49. The van der Waals surface area contributed by atoms with Crippen molar-refractivity contribution in [2.24, 2.45) is 4.99 Å². The smallest absolute Gasteiger partial charge is 0.0667 e. The van der Waals surface area contributed by atoms with E-state index in [1.54, 1.807) is 0 Å². The van der Waals surface area contributed by atoms with E-state index in [1.807, 2.05) is 25.5 Å². The number of nitrogens with zero attached hydrogens (tertiary/aromatic N) is 2. The molecule has 0 spiro atoms. The van der Waals surface area contributed by atoms with Crippen LogP contribution in [0, 0.1) is 0 Å². The topological polar surface area (TPSA) is 25.2 Å². The third-order valence-electron chi connectivity index (χ3n) is 8.60. The van der Waals surface area contributed by atoms with Gasteiger partial charge in [-0.05, 0) is 97.6 Å². The minimum Gasteiger partial charge on any atom is -0.265 e. The van der Waals surface area contributed by atoms with E-state index in [0.29, 0.717) is 0 Å². The number of aromatic nitrogens is 1. The summed E-state index contributed by atoms with van der Waals surface area (Å²) >= 11 is 0. The number of aliphatic imine (C=N–C) groups is 1. The minimum atomic E-state index is 0.793. The zero-order valence-corrected chi connectivity index (χ0v) is 25.2. The lowest BCUT2D eigenvalue weighted by Crippen LogP contribution is -1.93. The second-order valence-corrected chi connectivity index (χ2v) is 11.1. The first kappa shape index (κ1) is 27.5. The number of aryl methyl sites for hydroxylation is 1. The van der Waals surface area contributed by atoms with Crippen LogP contribution in [0.3, 0.4) is 0 Å².